The van der Waals surface area contributed by atoms with Crippen LogP contribution in [-0.2, 0) is 4.79 Å². The molecule has 0 saturated heterocycles. The summed E-state index contributed by atoms with van der Waals surface area (Å²) in [7, 11) is 0. The quantitative estimate of drug-likeness (QED) is 0.412. The molecule has 0 spiro atoms. The van der Waals surface area contributed by atoms with Gasteiger partial charge in [-0.25, -0.2) is 4.68 Å². The third kappa shape index (κ3) is 4.89. The Labute approximate surface area is 203 Å². The molecule has 2 heterocycles. The van der Waals surface area contributed by atoms with E-state index in [1.807, 2.05) is 69.3 Å². The van der Waals surface area contributed by atoms with Gasteiger partial charge in [0.1, 0.15) is 6.04 Å². The average Bonchev–Trinajstić information content (AvgIpc) is 3.22. The largest absolute Gasteiger partial charge is 0.490 e. The average molecular weight is 480 g/mol. The first-order valence-corrected chi connectivity index (χ1v) is 12.4. The molecule has 1 aliphatic rings. The smallest absolute Gasteiger partial charge is 0.255 e. The van der Waals surface area contributed by atoms with E-state index in [-0.39, 0.29) is 5.91 Å². The number of nitrogens with zero attached hydrogens (tertiary/aromatic N) is 3. The first-order chi connectivity index (χ1) is 16.5. The van der Waals surface area contributed by atoms with Gasteiger partial charge < -0.3 is 20.1 Å². The Morgan fingerprint density at radius 2 is 1.82 bits per heavy atom. The third-order valence-electron chi connectivity index (χ3n) is 5.27. The summed E-state index contributed by atoms with van der Waals surface area (Å²) in [6.07, 6.45) is 0. The highest BCUT2D eigenvalue weighted by atomic mass is 32.2. The van der Waals surface area contributed by atoms with Crippen molar-refractivity contribution in [3.63, 3.8) is 0 Å². The van der Waals surface area contributed by atoms with Crippen LogP contribution in [0.25, 0.3) is 0 Å². The molecule has 1 aliphatic heterocycles. The number of ether oxygens (including phenoxy) is 2. The number of benzene rings is 2. The number of hydrogen-bond donors (Lipinski definition) is 2. The number of fused-ring (bicyclic) bond motifs is 1. The number of carbonyl (C=O) groups is 1. The number of nitrogens with one attached hydrogen (secondary N) is 2. The fourth-order valence-corrected chi connectivity index (χ4v) is 4.44. The van der Waals surface area contributed by atoms with Gasteiger partial charge in [0, 0.05) is 11.4 Å². The maximum absolute atomic E-state index is 13.6. The van der Waals surface area contributed by atoms with E-state index in [4.69, 9.17) is 14.6 Å². The van der Waals surface area contributed by atoms with Crippen LogP contribution < -0.4 is 20.1 Å². The van der Waals surface area contributed by atoms with Crippen LogP contribution in [0.2, 0.25) is 0 Å². The van der Waals surface area contributed by atoms with E-state index in [1.54, 1.807) is 16.4 Å². The van der Waals surface area contributed by atoms with Crippen LogP contribution in [0.4, 0.5) is 11.6 Å². The normalized spacial score (nSPS) is 14.9. The highest BCUT2D eigenvalue weighted by Crippen LogP contribution is 2.40. The molecule has 1 unspecified atom stereocenters. The molecule has 1 aromatic heterocycles. The van der Waals surface area contributed by atoms with Gasteiger partial charge in [0.05, 0.1) is 18.8 Å². The van der Waals surface area contributed by atoms with Gasteiger partial charge in [-0.05, 0) is 56.4 Å². The number of amides is 1. The van der Waals surface area contributed by atoms with E-state index in [1.165, 1.54) is 0 Å². The third-order valence-corrected chi connectivity index (χ3v) is 5.99. The van der Waals surface area contributed by atoms with Crippen molar-refractivity contribution in [2.75, 3.05) is 29.6 Å². The molecule has 1 amide bonds. The molecule has 3 aromatic rings. The standard InChI is InChI=1S/C25H29N5O3S/c1-5-32-19-14-13-17(15-20(19)33-6-2)22-21(23(31)27-18-11-9-8-10-12-18)16(4)26-24-28-25(34-7-3)29-30(22)24/h8-15,22H,5-7H2,1-4H3,(H,27,31)(H,26,28,29). The monoisotopic (exact) mass is 479 g/mol. The predicted octanol–water partition coefficient (Wildman–Crippen LogP) is 5.12. The highest BCUT2D eigenvalue weighted by molar-refractivity contribution is 7.99. The fourth-order valence-electron chi connectivity index (χ4n) is 3.88. The molecular formula is C25H29N5O3S. The number of anilines is 2. The zero-order valence-corrected chi connectivity index (χ0v) is 20.6. The maximum Gasteiger partial charge on any atom is 0.255 e. The van der Waals surface area contributed by atoms with Crippen LogP contribution in [0.3, 0.4) is 0 Å². The molecule has 0 bridgehead atoms. The van der Waals surface area contributed by atoms with Gasteiger partial charge in [-0.1, -0.05) is 43.0 Å². The number of aromatic nitrogens is 3. The zero-order chi connectivity index (χ0) is 24.1. The van der Waals surface area contributed by atoms with E-state index in [9.17, 15) is 4.79 Å². The summed E-state index contributed by atoms with van der Waals surface area (Å²) in [4.78, 5) is 18.2. The van der Waals surface area contributed by atoms with Crippen LogP contribution in [0, 0.1) is 0 Å². The molecule has 2 aromatic carbocycles. The van der Waals surface area contributed by atoms with Crippen LogP contribution in [-0.4, -0.2) is 39.6 Å². The first-order valence-electron chi connectivity index (χ1n) is 11.4. The lowest BCUT2D eigenvalue weighted by molar-refractivity contribution is -0.113. The Hall–Kier alpha value is -3.46. The van der Waals surface area contributed by atoms with Crippen LogP contribution in [0.15, 0.2) is 65.0 Å². The lowest BCUT2D eigenvalue weighted by Crippen LogP contribution is -2.31. The molecular weight excluding hydrogens is 450 g/mol. The van der Waals surface area contributed by atoms with Gasteiger partial charge in [-0.2, -0.15) is 4.98 Å². The van der Waals surface area contributed by atoms with Crippen molar-refractivity contribution in [1.29, 1.82) is 0 Å². The summed E-state index contributed by atoms with van der Waals surface area (Å²) < 4.78 is 13.4. The van der Waals surface area contributed by atoms with Gasteiger partial charge in [0.15, 0.2) is 11.5 Å². The summed E-state index contributed by atoms with van der Waals surface area (Å²) >= 11 is 1.55. The topological polar surface area (TPSA) is 90.3 Å². The summed E-state index contributed by atoms with van der Waals surface area (Å²) in [6.45, 7) is 8.83. The highest BCUT2D eigenvalue weighted by Gasteiger charge is 2.35. The second-order valence-corrected chi connectivity index (χ2v) is 8.79. The van der Waals surface area contributed by atoms with Gasteiger partial charge in [0.2, 0.25) is 11.1 Å². The minimum absolute atomic E-state index is 0.209. The molecule has 9 heteroatoms. The van der Waals surface area contributed by atoms with Crippen molar-refractivity contribution in [2.45, 2.75) is 38.9 Å². The number of para-hydroxylation sites is 1. The second-order valence-electron chi connectivity index (χ2n) is 7.55. The zero-order valence-electron chi connectivity index (χ0n) is 19.8. The molecule has 1 atom stereocenters. The van der Waals surface area contributed by atoms with Gasteiger partial charge in [-0.3, -0.25) is 4.79 Å². The summed E-state index contributed by atoms with van der Waals surface area (Å²) in [5.41, 5.74) is 2.85. The summed E-state index contributed by atoms with van der Waals surface area (Å²) in [6, 6.07) is 14.7. The van der Waals surface area contributed by atoms with Gasteiger partial charge >= 0.3 is 0 Å². The fraction of sp³-hybridized carbons (Fsp3) is 0.320. The number of hydrogen-bond acceptors (Lipinski definition) is 7. The van der Waals surface area contributed by atoms with Crippen molar-refractivity contribution >= 4 is 29.3 Å². The lowest BCUT2D eigenvalue weighted by Gasteiger charge is -2.29. The minimum atomic E-state index is -0.492. The van der Waals surface area contributed by atoms with Crippen molar-refractivity contribution in [1.82, 2.24) is 14.8 Å². The molecule has 0 aliphatic carbocycles. The Morgan fingerprint density at radius 3 is 2.53 bits per heavy atom. The van der Waals surface area contributed by atoms with Gasteiger partial charge in [-0.15, -0.1) is 5.10 Å². The molecule has 2 N–H and O–H groups in total. The Morgan fingerprint density at radius 1 is 1.09 bits per heavy atom. The Balaban J connectivity index is 1.81. The Kier molecular flexibility index (Phi) is 7.42. The van der Waals surface area contributed by atoms with Crippen LogP contribution in [0.5, 0.6) is 11.5 Å². The lowest BCUT2D eigenvalue weighted by atomic mass is 9.94. The van der Waals surface area contributed by atoms with E-state index < -0.39 is 6.04 Å². The molecule has 0 saturated carbocycles. The molecule has 0 fully saturated rings. The van der Waals surface area contributed by atoms with Crippen molar-refractivity contribution in [3.05, 3.63) is 65.4 Å². The van der Waals surface area contributed by atoms with Crippen LogP contribution in [0.1, 0.15) is 39.3 Å². The predicted molar refractivity (Wildman–Crippen MR) is 135 cm³/mol. The SMILES string of the molecule is CCOc1ccc(C2C(C(=O)Nc3ccccc3)=C(C)Nc3nc(SCC)nn32)cc1OCC. The first kappa shape index (κ1) is 23.7. The number of allylic oxidation sites excluding steroid dienone is 1. The van der Waals surface area contributed by atoms with E-state index in [0.717, 1.165) is 22.7 Å². The maximum atomic E-state index is 13.6. The summed E-state index contributed by atoms with van der Waals surface area (Å²) in [5, 5.41) is 11.7. The molecule has 0 radical (unpaired) electrons. The van der Waals surface area contributed by atoms with Crippen molar-refractivity contribution in [2.24, 2.45) is 0 Å². The molecule has 4 rings (SSSR count). The number of rotatable bonds is 9. The van der Waals surface area contributed by atoms with Crippen LogP contribution >= 0.6 is 11.8 Å². The van der Waals surface area contributed by atoms with E-state index in [0.29, 0.717) is 41.4 Å². The molecule has 8 nitrogen and oxygen atoms in total. The summed E-state index contributed by atoms with van der Waals surface area (Å²) in [5.74, 6) is 2.53. The van der Waals surface area contributed by atoms with Gasteiger partial charge in [0.25, 0.3) is 5.91 Å². The van der Waals surface area contributed by atoms with Crippen molar-refractivity contribution in [3.8, 4) is 11.5 Å². The van der Waals surface area contributed by atoms with E-state index >= 15 is 0 Å². The number of thioether (sulfide) groups is 1. The minimum Gasteiger partial charge on any atom is -0.490 e. The van der Waals surface area contributed by atoms with Crippen molar-refractivity contribution < 1.29 is 14.3 Å². The second kappa shape index (κ2) is 10.6. The number of carbonyl (C=O) groups excluding carboxylic acids is 1. The molecule has 34 heavy (non-hydrogen) atoms. The Bertz CT molecular complexity index is 1190. The van der Waals surface area contributed by atoms with E-state index in [2.05, 4.69) is 22.5 Å². The molecule has 178 valence electrons.